The Hall–Kier alpha value is -2.54. The number of sulfonamides is 1. The first kappa shape index (κ1) is 22.6. The average molecular weight is 489 g/mol. The highest BCUT2D eigenvalue weighted by Crippen LogP contribution is 2.30. The van der Waals surface area contributed by atoms with Crippen molar-refractivity contribution in [3.8, 4) is 0 Å². The fourth-order valence-corrected chi connectivity index (χ4v) is 5.68. The summed E-state index contributed by atoms with van der Waals surface area (Å²) in [6.45, 7) is -0.371. The SMILES string of the molecule is O=C(CN(c1cccc(Cl)c1)S(=O)(=O)c1ccc(Cl)cc1)N[C@H]1CCCc2ccccc21. The van der Waals surface area contributed by atoms with Crippen molar-refractivity contribution in [2.45, 2.75) is 30.2 Å². The molecule has 0 saturated carbocycles. The average Bonchev–Trinajstić information content (AvgIpc) is 2.78. The summed E-state index contributed by atoms with van der Waals surface area (Å²) in [5, 5.41) is 3.82. The van der Waals surface area contributed by atoms with Gasteiger partial charge in [0, 0.05) is 10.0 Å². The van der Waals surface area contributed by atoms with Crippen LogP contribution in [0.15, 0.2) is 77.7 Å². The van der Waals surface area contributed by atoms with Gasteiger partial charge in [0.1, 0.15) is 6.54 Å². The van der Waals surface area contributed by atoms with Gasteiger partial charge in [0.25, 0.3) is 10.0 Å². The summed E-state index contributed by atoms with van der Waals surface area (Å²) in [4.78, 5) is 13.1. The van der Waals surface area contributed by atoms with Gasteiger partial charge in [-0.2, -0.15) is 0 Å². The first-order chi connectivity index (χ1) is 15.3. The van der Waals surface area contributed by atoms with Crippen molar-refractivity contribution < 1.29 is 13.2 Å². The smallest absolute Gasteiger partial charge is 0.264 e. The Balaban J connectivity index is 1.63. The number of nitrogens with one attached hydrogen (secondary N) is 1. The van der Waals surface area contributed by atoms with Crippen LogP contribution in [0.4, 0.5) is 5.69 Å². The highest BCUT2D eigenvalue weighted by Gasteiger charge is 2.29. The van der Waals surface area contributed by atoms with Gasteiger partial charge in [0.05, 0.1) is 16.6 Å². The number of hydrogen-bond acceptors (Lipinski definition) is 3. The second-order valence-electron chi connectivity index (χ2n) is 7.66. The van der Waals surface area contributed by atoms with Gasteiger partial charge in [-0.3, -0.25) is 9.10 Å². The molecule has 1 atom stereocenters. The molecule has 1 N–H and O–H groups in total. The van der Waals surface area contributed by atoms with Crippen LogP contribution < -0.4 is 9.62 Å². The van der Waals surface area contributed by atoms with Crippen LogP contribution >= 0.6 is 23.2 Å². The van der Waals surface area contributed by atoms with Gasteiger partial charge in [-0.1, -0.05) is 53.5 Å². The van der Waals surface area contributed by atoms with E-state index in [9.17, 15) is 13.2 Å². The second kappa shape index (κ2) is 9.53. The predicted octanol–water partition coefficient (Wildman–Crippen LogP) is 5.38. The number of benzene rings is 3. The number of fused-ring (bicyclic) bond motifs is 1. The van der Waals surface area contributed by atoms with Crippen LogP contribution in [0.5, 0.6) is 0 Å². The summed E-state index contributed by atoms with van der Waals surface area (Å²) in [5.41, 5.74) is 2.61. The van der Waals surface area contributed by atoms with Crippen LogP contribution in [-0.2, 0) is 21.2 Å². The molecule has 0 saturated heterocycles. The third-order valence-electron chi connectivity index (χ3n) is 5.49. The zero-order chi connectivity index (χ0) is 22.7. The molecule has 0 bridgehead atoms. The molecule has 0 radical (unpaired) electrons. The molecule has 0 aromatic heterocycles. The quantitative estimate of drug-likeness (QED) is 0.506. The topological polar surface area (TPSA) is 66.5 Å². The van der Waals surface area contributed by atoms with Crippen molar-refractivity contribution in [3.63, 3.8) is 0 Å². The fraction of sp³-hybridized carbons (Fsp3) is 0.208. The molecule has 3 aromatic rings. The van der Waals surface area contributed by atoms with Gasteiger partial charge in [0.15, 0.2) is 0 Å². The fourth-order valence-electron chi connectivity index (χ4n) is 3.95. The Labute approximate surface area is 198 Å². The predicted molar refractivity (Wildman–Crippen MR) is 128 cm³/mol. The number of carbonyl (C=O) groups is 1. The largest absolute Gasteiger partial charge is 0.348 e. The van der Waals surface area contributed by atoms with Gasteiger partial charge >= 0.3 is 0 Å². The molecule has 0 unspecified atom stereocenters. The Bertz CT molecular complexity index is 1230. The Kier molecular flexibility index (Phi) is 6.74. The summed E-state index contributed by atoms with van der Waals surface area (Å²) < 4.78 is 28.0. The third kappa shape index (κ3) is 4.93. The number of amides is 1. The van der Waals surface area contributed by atoms with E-state index in [-0.39, 0.29) is 23.4 Å². The van der Waals surface area contributed by atoms with Crippen LogP contribution in [-0.4, -0.2) is 20.9 Å². The van der Waals surface area contributed by atoms with E-state index in [0.29, 0.717) is 15.7 Å². The van der Waals surface area contributed by atoms with Crippen LogP contribution in [0.1, 0.15) is 30.0 Å². The van der Waals surface area contributed by atoms with Crippen molar-refractivity contribution in [1.29, 1.82) is 0 Å². The van der Waals surface area contributed by atoms with Crippen LogP contribution in [0.25, 0.3) is 0 Å². The lowest BCUT2D eigenvalue weighted by atomic mass is 9.88. The van der Waals surface area contributed by atoms with Crippen molar-refractivity contribution in [1.82, 2.24) is 5.32 Å². The maximum absolute atomic E-state index is 13.4. The van der Waals surface area contributed by atoms with Crippen LogP contribution in [0.2, 0.25) is 10.0 Å². The molecule has 5 nitrogen and oxygen atoms in total. The van der Waals surface area contributed by atoms with Crippen molar-refractivity contribution in [2.24, 2.45) is 0 Å². The number of carbonyl (C=O) groups excluding carboxylic acids is 1. The molecule has 0 spiro atoms. The van der Waals surface area contributed by atoms with Gasteiger partial charge < -0.3 is 5.32 Å². The molecule has 32 heavy (non-hydrogen) atoms. The maximum atomic E-state index is 13.4. The number of rotatable bonds is 6. The lowest BCUT2D eigenvalue weighted by molar-refractivity contribution is -0.120. The summed E-state index contributed by atoms with van der Waals surface area (Å²) in [7, 11) is -4.03. The summed E-state index contributed by atoms with van der Waals surface area (Å²) in [5.74, 6) is -0.385. The van der Waals surface area contributed by atoms with E-state index in [4.69, 9.17) is 23.2 Å². The lowest BCUT2D eigenvalue weighted by Gasteiger charge is -2.28. The summed E-state index contributed by atoms with van der Waals surface area (Å²) in [6, 6.07) is 20.2. The first-order valence-corrected chi connectivity index (χ1v) is 12.5. The normalized spacial score (nSPS) is 15.6. The van der Waals surface area contributed by atoms with Gasteiger partial charge in [-0.25, -0.2) is 8.42 Å². The Morgan fingerprint density at radius 1 is 0.969 bits per heavy atom. The van der Waals surface area contributed by atoms with Crippen LogP contribution in [0, 0.1) is 0 Å². The molecular weight excluding hydrogens is 467 g/mol. The zero-order valence-corrected chi connectivity index (χ0v) is 19.5. The van der Waals surface area contributed by atoms with Crippen molar-refractivity contribution in [3.05, 3.63) is 94.0 Å². The Morgan fingerprint density at radius 3 is 2.47 bits per heavy atom. The molecule has 166 valence electrons. The van der Waals surface area contributed by atoms with Gasteiger partial charge in [0.2, 0.25) is 5.91 Å². The number of halogens is 2. The van der Waals surface area contributed by atoms with E-state index in [2.05, 4.69) is 11.4 Å². The monoisotopic (exact) mass is 488 g/mol. The van der Waals surface area contributed by atoms with E-state index in [0.717, 1.165) is 29.1 Å². The molecule has 3 aromatic carbocycles. The van der Waals surface area contributed by atoms with Crippen molar-refractivity contribution in [2.75, 3.05) is 10.8 Å². The lowest BCUT2D eigenvalue weighted by Crippen LogP contribution is -2.42. The minimum absolute atomic E-state index is 0.0395. The van der Waals surface area contributed by atoms with Gasteiger partial charge in [-0.05, 0) is 72.9 Å². The zero-order valence-electron chi connectivity index (χ0n) is 17.2. The first-order valence-electron chi connectivity index (χ1n) is 10.3. The highest BCUT2D eigenvalue weighted by atomic mass is 35.5. The number of hydrogen-bond donors (Lipinski definition) is 1. The van der Waals surface area contributed by atoms with E-state index in [1.165, 1.54) is 35.9 Å². The van der Waals surface area contributed by atoms with Gasteiger partial charge in [-0.15, -0.1) is 0 Å². The molecule has 8 heteroatoms. The van der Waals surface area contributed by atoms with E-state index >= 15 is 0 Å². The highest BCUT2D eigenvalue weighted by molar-refractivity contribution is 7.92. The molecule has 0 aliphatic heterocycles. The second-order valence-corrected chi connectivity index (χ2v) is 10.4. The summed E-state index contributed by atoms with van der Waals surface area (Å²) >= 11 is 12.0. The summed E-state index contributed by atoms with van der Waals surface area (Å²) in [6.07, 6.45) is 2.75. The Morgan fingerprint density at radius 2 is 1.72 bits per heavy atom. The minimum Gasteiger partial charge on any atom is -0.348 e. The van der Waals surface area contributed by atoms with E-state index < -0.39 is 10.0 Å². The molecule has 0 fully saturated rings. The molecule has 1 aliphatic carbocycles. The van der Waals surface area contributed by atoms with Crippen LogP contribution in [0.3, 0.4) is 0 Å². The molecule has 0 heterocycles. The number of anilines is 1. The van der Waals surface area contributed by atoms with Crippen molar-refractivity contribution >= 4 is 44.8 Å². The third-order valence-corrected chi connectivity index (χ3v) is 7.76. The number of nitrogens with zero attached hydrogens (tertiary/aromatic N) is 1. The maximum Gasteiger partial charge on any atom is 0.264 e. The molecule has 1 aliphatic rings. The molecular formula is C24H22Cl2N2O3S. The van der Waals surface area contributed by atoms with E-state index in [1.807, 2.05) is 18.2 Å². The standard InChI is InChI=1S/C24H22Cl2N2O3S/c25-18-11-13-21(14-12-18)32(30,31)28(20-8-4-7-19(26)15-20)16-24(29)27-23-10-3-6-17-5-1-2-9-22(17)23/h1-2,4-5,7-9,11-15,23H,3,6,10,16H2,(H,27,29)/t23-/m0/s1. The molecule has 1 amide bonds. The minimum atomic E-state index is -4.03. The number of aryl methyl sites for hydroxylation is 1. The van der Waals surface area contributed by atoms with E-state index in [1.54, 1.807) is 18.2 Å². The molecule has 4 rings (SSSR count).